The maximum absolute atomic E-state index is 6.00. The van der Waals surface area contributed by atoms with Crippen molar-refractivity contribution in [1.29, 1.82) is 0 Å². The molecule has 0 aromatic heterocycles. The topological polar surface area (TPSA) is 38.0 Å². The van der Waals surface area contributed by atoms with Crippen LogP contribution in [-0.2, 0) is 5.41 Å². The van der Waals surface area contributed by atoms with Crippen molar-refractivity contribution in [1.82, 2.24) is 5.43 Å². The van der Waals surface area contributed by atoms with E-state index in [1.54, 1.807) is 0 Å². The Morgan fingerprint density at radius 2 is 1.63 bits per heavy atom. The molecule has 0 aliphatic heterocycles. The smallest absolute Gasteiger partial charge is 0.0335 e. The molecule has 19 heavy (non-hydrogen) atoms. The second-order valence-electron chi connectivity index (χ2n) is 6.42. The summed E-state index contributed by atoms with van der Waals surface area (Å²) >= 11 is 0. The highest BCUT2D eigenvalue weighted by Gasteiger charge is 2.45. The van der Waals surface area contributed by atoms with Gasteiger partial charge in [0.2, 0.25) is 0 Å². The molecule has 0 bridgehead atoms. The Labute approximate surface area is 116 Å². The van der Waals surface area contributed by atoms with Gasteiger partial charge in [-0.3, -0.25) is 11.3 Å². The normalized spacial score (nSPS) is 24.7. The molecule has 2 aliphatic rings. The molecule has 1 unspecified atom stereocenters. The highest BCUT2D eigenvalue weighted by Crippen LogP contribution is 2.48. The average molecular weight is 258 g/mol. The molecule has 2 nitrogen and oxygen atoms in total. The summed E-state index contributed by atoms with van der Waals surface area (Å²) in [6.07, 6.45) is 10.7. The Hall–Kier alpha value is -0.860. The molecule has 3 N–H and O–H groups in total. The third kappa shape index (κ3) is 2.32. The summed E-state index contributed by atoms with van der Waals surface area (Å²) in [7, 11) is 0. The fraction of sp³-hybridized carbons (Fsp3) is 0.647. The van der Waals surface area contributed by atoms with Crippen molar-refractivity contribution in [3.63, 3.8) is 0 Å². The van der Waals surface area contributed by atoms with Gasteiger partial charge in [0.05, 0.1) is 0 Å². The van der Waals surface area contributed by atoms with Gasteiger partial charge in [-0.25, -0.2) is 0 Å². The monoisotopic (exact) mass is 258 g/mol. The van der Waals surface area contributed by atoms with E-state index in [4.69, 9.17) is 5.84 Å². The Morgan fingerprint density at radius 1 is 1.00 bits per heavy atom. The van der Waals surface area contributed by atoms with Crippen molar-refractivity contribution in [2.45, 2.75) is 62.8 Å². The van der Waals surface area contributed by atoms with Crippen molar-refractivity contribution in [3.8, 4) is 0 Å². The van der Waals surface area contributed by atoms with Gasteiger partial charge in [-0.05, 0) is 37.2 Å². The van der Waals surface area contributed by atoms with Crippen molar-refractivity contribution >= 4 is 0 Å². The maximum Gasteiger partial charge on any atom is 0.0335 e. The van der Waals surface area contributed by atoms with Gasteiger partial charge in [0, 0.05) is 11.5 Å². The first-order valence-electron chi connectivity index (χ1n) is 7.88. The van der Waals surface area contributed by atoms with Crippen LogP contribution in [0.2, 0.25) is 0 Å². The fourth-order valence-electron chi connectivity index (χ4n) is 4.59. The number of hydrogen-bond acceptors (Lipinski definition) is 2. The molecule has 0 heterocycles. The molecular weight excluding hydrogens is 232 g/mol. The summed E-state index contributed by atoms with van der Waals surface area (Å²) < 4.78 is 0. The van der Waals surface area contributed by atoms with Crippen molar-refractivity contribution in [2.24, 2.45) is 11.8 Å². The number of rotatable bonds is 4. The van der Waals surface area contributed by atoms with Gasteiger partial charge in [-0.2, -0.15) is 0 Å². The van der Waals surface area contributed by atoms with Crippen LogP contribution >= 0.6 is 0 Å². The Morgan fingerprint density at radius 3 is 2.21 bits per heavy atom. The first-order chi connectivity index (χ1) is 9.37. The van der Waals surface area contributed by atoms with Crippen LogP contribution in [0, 0.1) is 5.92 Å². The van der Waals surface area contributed by atoms with E-state index < -0.39 is 0 Å². The minimum Gasteiger partial charge on any atom is -0.271 e. The van der Waals surface area contributed by atoms with Gasteiger partial charge in [-0.1, -0.05) is 56.0 Å². The highest BCUT2D eigenvalue weighted by molar-refractivity contribution is 5.29. The van der Waals surface area contributed by atoms with E-state index in [0.717, 1.165) is 5.92 Å². The summed E-state index contributed by atoms with van der Waals surface area (Å²) in [6.45, 7) is 0. The van der Waals surface area contributed by atoms with Gasteiger partial charge in [0.1, 0.15) is 0 Å². The standard InChI is InChI=1S/C17H26N2/c18-19-16(14-8-4-5-9-14)17(12-6-7-13-17)15-10-2-1-3-11-15/h1-3,10-11,14,16,19H,4-9,12-13,18H2. The molecule has 0 radical (unpaired) electrons. The van der Waals surface area contributed by atoms with Crippen LogP contribution in [-0.4, -0.2) is 6.04 Å². The molecule has 3 rings (SSSR count). The van der Waals surface area contributed by atoms with Crippen LogP contribution < -0.4 is 11.3 Å². The SMILES string of the molecule is NNC(C1CCCC1)C1(c2ccccc2)CCCC1. The molecule has 1 aromatic carbocycles. The molecule has 0 saturated heterocycles. The summed E-state index contributed by atoms with van der Waals surface area (Å²) in [5.74, 6) is 6.77. The summed E-state index contributed by atoms with van der Waals surface area (Å²) in [6, 6.07) is 11.6. The minimum absolute atomic E-state index is 0.283. The third-order valence-electron chi connectivity index (χ3n) is 5.49. The minimum atomic E-state index is 0.283. The average Bonchev–Trinajstić information content (AvgIpc) is 3.13. The van der Waals surface area contributed by atoms with E-state index in [9.17, 15) is 0 Å². The van der Waals surface area contributed by atoms with Gasteiger partial charge in [0.15, 0.2) is 0 Å². The molecule has 2 aliphatic carbocycles. The summed E-state index contributed by atoms with van der Waals surface area (Å²) in [5.41, 5.74) is 5.01. The fourth-order valence-corrected chi connectivity index (χ4v) is 4.59. The summed E-state index contributed by atoms with van der Waals surface area (Å²) in [4.78, 5) is 0. The van der Waals surface area contributed by atoms with Gasteiger partial charge >= 0.3 is 0 Å². The molecule has 0 amide bonds. The second kappa shape index (κ2) is 5.64. The highest BCUT2D eigenvalue weighted by atomic mass is 15.2. The lowest BCUT2D eigenvalue weighted by Crippen LogP contribution is -2.53. The predicted molar refractivity (Wildman–Crippen MR) is 79.7 cm³/mol. The number of hydrazine groups is 1. The van der Waals surface area contributed by atoms with Crippen LogP contribution in [0.15, 0.2) is 30.3 Å². The first-order valence-corrected chi connectivity index (χ1v) is 7.88. The lowest BCUT2D eigenvalue weighted by atomic mass is 9.68. The van der Waals surface area contributed by atoms with Gasteiger partial charge in [-0.15, -0.1) is 0 Å². The van der Waals surface area contributed by atoms with E-state index in [1.807, 2.05) is 0 Å². The zero-order valence-corrected chi connectivity index (χ0v) is 11.8. The number of benzene rings is 1. The van der Waals surface area contributed by atoms with Crippen LogP contribution in [0.3, 0.4) is 0 Å². The van der Waals surface area contributed by atoms with Crippen LogP contribution in [0.1, 0.15) is 56.9 Å². The molecule has 2 heteroatoms. The first kappa shape index (κ1) is 13.1. The molecular formula is C17H26N2. The summed E-state index contributed by atoms with van der Waals surface area (Å²) in [5, 5.41) is 0. The largest absolute Gasteiger partial charge is 0.271 e. The zero-order chi connectivity index (χ0) is 13.1. The van der Waals surface area contributed by atoms with Crippen molar-refractivity contribution < 1.29 is 0 Å². The second-order valence-corrected chi connectivity index (χ2v) is 6.42. The Kier molecular flexibility index (Phi) is 3.90. The van der Waals surface area contributed by atoms with Crippen molar-refractivity contribution in [3.05, 3.63) is 35.9 Å². The lowest BCUT2D eigenvalue weighted by Gasteiger charge is -2.41. The van der Waals surface area contributed by atoms with Crippen LogP contribution in [0.5, 0.6) is 0 Å². The zero-order valence-electron chi connectivity index (χ0n) is 11.8. The van der Waals surface area contributed by atoms with E-state index in [-0.39, 0.29) is 5.41 Å². The number of nitrogens with two attached hydrogens (primary N) is 1. The Balaban J connectivity index is 1.94. The van der Waals surface area contributed by atoms with Gasteiger partial charge < -0.3 is 0 Å². The molecule has 2 fully saturated rings. The van der Waals surface area contributed by atoms with Crippen LogP contribution in [0.4, 0.5) is 0 Å². The molecule has 0 spiro atoms. The third-order valence-corrected chi connectivity index (χ3v) is 5.49. The maximum atomic E-state index is 6.00. The van der Waals surface area contributed by atoms with E-state index in [1.165, 1.54) is 56.9 Å². The number of nitrogens with one attached hydrogen (secondary N) is 1. The quantitative estimate of drug-likeness (QED) is 0.640. The van der Waals surface area contributed by atoms with E-state index in [2.05, 4.69) is 35.8 Å². The van der Waals surface area contributed by atoms with Crippen molar-refractivity contribution in [2.75, 3.05) is 0 Å². The molecule has 1 aromatic rings. The Bertz CT molecular complexity index is 389. The number of hydrogen-bond donors (Lipinski definition) is 2. The van der Waals surface area contributed by atoms with Gasteiger partial charge in [0.25, 0.3) is 0 Å². The van der Waals surface area contributed by atoms with Crippen LogP contribution in [0.25, 0.3) is 0 Å². The lowest BCUT2D eigenvalue weighted by molar-refractivity contribution is 0.218. The van der Waals surface area contributed by atoms with E-state index >= 15 is 0 Å². The van der Waals surface area contributed by atoms with E-state index in [0.29, 0.717) is 6.04 Å². The predicted octanol–water partition coefficient (Wildman–Crippen LogP) is 3.52. The molecule has 2 saturated carbocycles. The molecule has 1 atom stereocenters. The molecule has 104 valence electrons.